The summed E-state index contributed by atoms with van der Waals surface area (Å²) >= 11 is 6.18. The predicted molar refractivity (Wildman–Crippen MR) is 61.7 cm³/mol. The van der Waals surface area contributed by atoms with Gasteiger partial charge in [0.1, 0.15) is 8.95 Å². The Labute approximate surface area is 97.8 Å². The van der Waals surface area contributed by atoms with E-state index in [9.17, 15) is 9.59 Å². The second-order valence-corrected chi connectivity index (χ2v) is 4.26. The van der Waals surface area contributed by atoms with Crippen molar-refractivity contribution >= 4 is 31.9 Å². The topological polar surface area (TPSA) is 44.0 Å². The molecule has 0 radical (unpaired) electrons. The van der Waals surface area contributed by atoms with Gasteiger partial charge in [0, 0.05) is 13.1 Å². The number of halogens is 2. The maximum atomic E-state index is 11.7. The maximum absolute atomic E-state index is 11.7. The molecule has 0 aliphatic carbocycles. The number of nitrogens with zero attached hydrogens (tertiary/aromatic N) is 2. The van der Waals surface area contributed by atoms with E-state index in [1.54, 1.807) is 0 Å². The summed E-state index contributed by atoms with van der Waals surface area (Å²) in [4.78, 5) is 23.4. The SMILES string of the molecule is CCn1c(=O)c(Br)c(Br)c(=O)n1CC. The molecule has 0 saturated carbocycles. The Morgan fingerprint density at radius 2 is 1.21 bits per heavy atom. The van der Waals surface area contributed by atoms with Gasteiger partial charge in [-0.2, -0.15) is 0 Å². The first kappa shape index (κ1) is 11.7. The lowest BCUT2D eigenvalue weighted by atomic mass is 10.5. The lowest BCUT2D eigenvalue weighted by Gasteiger charge is -2.12. The lowest BCUT2D eigenvalue weighted by molar-refractivity contribution is 0.438. The molecule has 0 saturated heterocycles. The highest BCUT2D eigenvalue weighted by Crippen LogP contribution is 2.13. The molecular formula is C8H10Br2N2O2. The molecule has 0 unspecified atom stereocenters. The first-order valence-electron chi connectivity index (χ1n) is 4.23. The molecule has 1 aromatic heterocycles. The molecule has 1 heterocycles. The van der Waals surface area contributed by atoms with Crippen molar-refractivity contribution in [3.05, 3.63) is 29.7 Å². The van der Waals surface area contributed by atoms with E-state index >= 15 is 0 Å². The fraction of sp³-hybridized carbons (Fsp3) is 0.500. The van der Waals surface area contributed by atoms with Crippen LogP contribution in [0.2, 0.25) is 0 Å². The van der Waals surface area contributed by atoms with Crippen molar-refractivity contribution in [1.82, 2.24) is 9.36 Å². The molecule has 0 fully saturated rings. The molecule has 0 aromatic carbocycles. The van der Waals surface area contributed by atoms with Gasteiger partial charge >= 0.3 is 0 Å². The van der Waals surface area contributed by atoms with Crippen LogP contribution in [0.4, 0.5) is 0 Å². The van der Waals surface area contributed by atoms with E-state index in [2.05, 4.69) is 31.9 Å². The van der Waals surface area contributed by atoms with Gasteiger partial charge in [0.05, 0.1) is 0 Å². The van der Waals surface area contributed by atoms with Crippen molar-refractivity contribution < 1.29 is 0 Å². The van der Waals surface area contributed by atoms with Gasteiger partial charge in [-0.15, -0.1) is 0 Å². The van der Waals surface area contributed by atoms with E-state index in [1.807, 2.05) is 13.8 Å². The average molecular weight is 326 g/mol. The predicted octanol–water partition coefficient (Wildman–Crippen LogP) is 1.57. The van der Waals surface area contributed by atoms with Crippen LogP contribution in [-0.2, 0) is 13.1 Å². The van der Waals surface area contributed by atoms with Gasteiger partial charge in [-0.05, 0) is 45.7 Å². The summed E-state index contributed by atoms with van der Waals surface area (Å²) in [5.74, 6) is 0. The number of aromatic nitrogens is 2. The van der Waals surface area contributed by atoms with E-state index in [1.165, 1.54) is 9.36 Å². The standard InChI is InChI=1S/C8H10Br2N2O2/c1-3-11-7(13)5(9)6(10)8(14)12(11)4-2/h3-4H2,1-2H3. The summed E-state index contributed by atoms with van der Waals surface area (Å²) in [6.45, 7) is 4.61. The van der Waals surface area contributed by atoms with Crippen molar-refractivity contribution in [3.8, 4) is 0 Å². The van der Waals surface area contributed by atoms with Gasteiger partial charge in [-0.1, -0.05) is 0 Å². The minimum absolute atomic E-state index is 0.194. The zero-order valence-electron chi connectivity index (χ0n) is 7.88. The molecule has 0 bridgehead atoms. The Bertz CT molecular complexity index is 419. The Morgan fingerprint density at radius 3 is 1.43 bits per heavy atom. The molecule has 0 amide bonds. The van der Waals surface area contributed by atoms with Crippen LogP contribution in [0.1, 0.15) is 13.8 Å². The number of hydrogen-bond donors (Lipinski definition) is 0. The van der Waals surface area contributed by atoms with Crippen LogP contribution in [0.3, 0.4) is 0 Å². The molecule has 0 N–H and O–H groups in total. The van der Waals surface area contributed by atoms with Gasteiger partial charge in [-0.25, -0.2) is 9.36 Å². The normalized spacial score (nSPS) is 10.6. The second-order valence-electron chi connectivity index (χ2n) is 2.67. The lowest BCUT2D eigenvalue weighted by Crippen LogP contribution is -2.38. The van der Waals surface area contributed by atoms with Crippen LogP contribution in [0, 0.1) is 0 Å². The van der Waals surface area contributed by atoms with Crippen LogP contribution >= 0.6 is 31.9 Å². The van der Waals surface area contributed by atoms with E-state index in [-0.39, 0.29) is 20.1 Å². The van der Waals surface area contributed by atoms with Crippen LogP contribution in [0.5, 0.6) is 0 Å². The molecule has 1 rings (SSSR count). The molecule has 78 valence electrons. The summed E-state index contributed by atoms with van der Waals surface area (Å²) in [5.41, 5.74) is -0.387. The van der Waals surface area contributed by atoms with Crippen molar-refractivity contribution in [1.29, 1.82) is 0 Å². The van der Waals surface area contributed by atoms with Gasteiger partial charge in [0.25, 0.3) is 11.1 Å². The highest BCUT2D eigenvalue weighted by molar-refractivity contribution is 9.13. The summed E-state index contributed by atoms with van der Waals surface area (Å²) < 4.78 is 3.40. The largest absolute Gasteiger partial charge is 0.280 e. The molecule has 1 aromatic rings. The summed E-state index contributed by atoms with van der Waals surface area (Å²) in [6, 6.07) is 0. The molecule has 0 aliphatic rings. The van der Waals surface area contributed by atoms with E-state index in [0.29, 0.717) is 13.1 Å². The number of rotatable bonds is 2. The molecule has 0 spiro atoms. The summed E-state index contributed by atoms with van der Waals surface area (Å²) in [6.07, 6.45) is 0. The molecule has 4 nitrogen and oxygen atoms in total. The van der Waals surface area contributed by atoms with Gasteiger partial charge in [0.15, 0.2) is 0 Å². The van der Waals surface area contributed by atoms with Crippen LogP contribution in [0.25, 0.3) is 0 Å². The molecule has 0 atom stereocenters. The summed E-state index contributed by atoms with van der Waals surface area (Å²) in [5, 5.41) is 0. The van der Waals surface area contributed by atoms with E-state index < -0.39 is 0 Å². The summed E-state index contributed by atoms with van der Waals surface area (Å²) in [7, 11) is 0. The Morgan fingerprint density at radius 1 is 0.929 bits per heavy atom. The average Bonchev–Trinajstić information content (AvgIpc) is 2.20. The highest BCUT2D eigenvalue weighted by atomic mass is 79.9. The van der Waals surface area contributed by atoms with E-state index in [0.717, 1.165) is 0 Å². The van der Waals surface area contributed by atoms with Crippen LogP contribution < -0.4 is 11.1 Å². The quantitative estimate of drug-likeness (QED) is 0.828. The third-order valence-corrected chi connectivity index (χ3v) is 3.93. The molecule has 6 heteroatoms. The van der Waals surface area contributed by atoms with Crippen LogP contribution in [-0.4, -0.2) is 9.36 Å². The fourth-order valence-corrected chi connectivity index (χ4v) is 2.01. The van der Waals surface area contributed by atoms with Crippen molar-refractivity contribution in [3.63, 3.8) is 0 Å². The Kier molecular flexibility index (Phi) is 3.71. The number of hydrogen-bond acceptors (Lipinski definition) is 2. The van der Waals surface area contributed by atoms with Crippen LogP contribution in [0.15, 0.2) is 18.5 Å². The fourth-order valence-electron chi connectivity index (χ4n) is 1.26. The monoisotopic (exact) mass is 324 g/mol. The highest BCUT2D eigenvalue weighted by Gasteiger charge is 2.13. The minimum atomic E-state index is -0.194. The minimum Gasteiger partial charge on any atom is -0.267 e. The van der Waals surface area contributed by atoms with E-state index in [4.69, 9.17) is 0 Å². The molecule has 0 aliphatic heterocycles. The van der Waals surface area contributed by atoms with Crippen molar-refractivity contribution in [2.45, 2.75) is 26.9 Å². The maximum Gasteiger partial charge on any atom is 0.280 e. The van der Waals surface area contributed by atoms with Gasteiger partial charge in [0.2, 0.25) is 0 Å². The molecule has 14 heavy (non-hydrogen) atoms. The first-order valence-corrected chi connectivity index (χ1v) is 5.82. The third-order valence-electron chi connectivity index (χ3n) is 1.93. The third kappa shape index (κ3) is 1.72. The van der Waals surface area contributed by atoms with Crippen molar-refractivity contribution in [2.75, 3.05) is 0 Å². The smallest absolute Gasteiger partial charge is 0.267 e. The zero-order valence-corrected chi connectivity index (χ0v) is 11.1. The second kappa shape index (κ2) is 4.44. The van der Waals surface area contributed by atoms with Gasteiger partial charge < -0.3 is 0 Å². The van der Waals surface area contributed by atoms with Crippen molar-refractivity contribution in [2.24, 2.45) is 0 Å². The zero-order chi connectivity index (χ0) is 10.9. The Hall–Kier alpha value is -0.360. The molecular weight excluding hydrogens is 316 g/mol. The Balaban J connectivity index is 3.75. The van der Waals surface area contributed by atoms with Gasteiger partial charge in [-0.3, -0.25) is 9.59 Å². The first-order chi connectivity index (χ1) is 6.54.